The van der Waals surface area contributed by atoms with E-state index in [1.54, 1.807) is 12.1 Å². The fraction of sp³-hybridized carbons (Fsp3) is 0.0400. The van der Waals surface area contributed by atoms with Crippen LogP contribution in [0, 0.1) is 0 Å². The molecular weight excluding hydrogens is 364 g/mol. The summed E-state index contributed by atoms with van der Waals surface area (Å²) in [5.41, 5.74) is 0.486. The molecular formula is C25H19O4. The van der Waals surface area contributed by atoms with E-state index in [0.717, 1.165) is 0 Å². The van der Waals surface area contributed by atoms with E-state index in [1.165, 1.54) is 0 Å². The Balaban J connectivity index is 1.80. The summed E-state index contributed by atoms with van der Waals surface area (Å²) in [6.45, 7) is -0.446. The lowest BCUT2D eigenvalue weighted by atomic mass is 10.1. The number of ether oxygens (including phenoxy) is 3. The van der Waals surface area contributed by atoms with Crippen molar-refractivity contribution in [2.45, 2.75) is 6.61 Å². The quantitative estimate of drug-likeness (QED) is 0.345. The van der Waals surface area contributed by atoms with Crippen LogP contribution in [0.15, 0.2) is 103 Å². The minimum Gasteiger partial charge on any atom is -0.453 e. The number of hydrogen-bond donors (Lipinski definition) is 0. The van der Waals surface area contributed by atoms with Gasteiger partial charge in [-0.05, 0) is 48.5 Å². The minimum absolute atomic E-state index is 0.350. The average molecular weight is 383 g/mol. The molecule has 0 saturated heterocycles. The van der Waals surface area contributed by atoms with Crippen LogP contribution in [0.2, 0.25) is 0 Å². The Morgan fingerprint density at radius 2 is 0.931 bits per heavy atom. The van der Waals surface area contributed by atoms with Gasteiger partial charge in [-0.3, -0.25) is 0 Å². The first-order valence-corrected chi connectivity index (χ1v) is 9.26. The van der Waals surface area contributed by atoms with Crippen LogP contribution in [0.25, 0.3) is 0 Å². The SMILES string of the molecule is [O]Cc1ccc(Oc2ccccc2)c(Oc2ccccc2)c1Oc1ccccc1. The second-order valence-electron chi connectivity index (χ2n) is 6.27. The van der Waals surface area contributed by atoms with Gasteiger partial charge >= 0.3 is 0 Å². The number of rotatable bonds is 7. The Morgan fingerprint density at radius 3 is 1.41 bits per heavy atom. The van der Waals surface area contributed by atoms with Gasteiger partial charge in [0.15, 0.2) is 11.5 Å². The van der Waals surface area contributed by atoms with Crippen molar-refractivity contribution >= 4 is 0 Å². The first-order valence-electron chi connectivity index (χ1n) is 9.26. The van der Waals surface area contributed by atoms with Crippen LogP contribution in [0.3, 0.4) is 0 Å². The summed E-state index contributed by atoms with van der Waals surface area (Å²) in [7, 11) is 0. The first kappa shape index (κ1) is 18.6. The molecule has 0 heterocycles. The van der Waals surface area contributed by atoms with E-state index in [2.05, 4.69) is 0 Å². The lowest BCUT2D eigenvalue weighted by Crippen LogP contribution is -1.98. The molecule has 4 rings (SSSR count). The Hall–Kier alpha value is -3.76. The van der Waals surface area contributed by atoms with Crippen LogP contribution < -0.4 is 14.2 Å². The standard InChI is InChI=1S/C25H19O4/c26-18-19-16-17-23(27-20-10-4-1-5-11-20)25(29-22-14-8-3-9-15-22)24(19)28-21-12-6-2-7-13-21/h1-17H,18H2. The van der Waals surface area contributed by atoms with Crippen LogP contribution in [-0.2, 0) is 11.7 Å². The Bertz CT molecular complexity index is 1050. The number of hydrogen-bond acceptors (Lipinski definition) is 3. The highest BCUT2D eigenvalue weighted by Gasteiger charge is 2.20. The van der Waals surface area contributed by atoms with Gasteiger partial charge in [0.1, 0.15) is 23.9 Å². The van der Waals surface area contributed by atoms with Gasteiger partial charge in [0.2, 0.25) is 5.75 Å². The molecule has 0 atom stereocenters. The van der Waals surface area contributed by atoms with Crippen LogP contribution in [0.4, 0.5) is 0 Å². The zero-order chi connectivity index (χ0) is 19.9. The summed E-state index contributed by atoms with van der Waals surface area (Å²) >= 11 is 0. The monoisotopic (exact) mass is 383 g/mol. The molecule has 0 fully saturated rings. The van der Waals surface area contributed by atoms with Gasteiger partial charge in [0.05, 0.1) is 0 Å². The molecule has 0 amide bonds. The van der Waals surface area contributed by atoms with Gasteiger partial charge in [-0.2, -0.15) is 0 Å². The van der Waals surface area contributed by atoms with E-state index in [0.29, 0.717) is 40.1 Å². The van der Waals surface area contributed by atoms with E-state index in [4.69, 9.17) is 14.2 Å². The lowest BCUT2D eigenvalue weighted by Gasteiger charge is -2.18. The highest BCUT2D eigenvalue weighted by atomic mass is 16.5. The highest BCUT2D eigenvalue weighted by Crippen LogP contribution is 2.46. The predicted octanol–water partition coefficient (Wildman–Crippen LogP) is 6.99. The maximum absolute atomic E-state index is 11.8. The molecule has 4 heteroatoms. The molecule has 0 spiro atoms. The van der Waals surface area contributed by atoms with Gasteiger partial charge in [-0.15, -0.1) is 0 Å². The second-order valence-corrected chi connectivity index (χ2v) is 6.27. The number of benzene rings is 4. The molecule has 0 aromatic heterocycles. The largest absolute Gasteiger partial charge is 0.453 e. The van der Waals surface area contributed by atoms with Crippen LogP contribution in [-0.4, -0.2) is 0 Å². The van der Waals surface area contributed by atoms with Gasteiger partial charge in [0.25, 0.3) is 0 Å². The molecule has 0 aliphatic carbocycles. The maximum Gasteiger partial charge on any atom is 0.212 e. The normalized spacial score (nSPS) is 10.4. The highest BCUT2D eigenvalue weighted by molar-refractivity contribution is 5.59. The van der Waals surface area contributed by atoms with Crippen molar-refractivity contribution in [1.29, 1.82) is 0 Å². The van der Waals surface area contributed by atoms with Crippen molar-refractivity contribution in [3.63, 3.8) is 0 Å². The summed E-state index contributed by atoms with van der Waals surface area (Å²) in [6.07, 6.45) is 0. The summed E-state index contributed by atoms with van der Waals surface area (Å²) in [4.78, 5) is 0. The Kier molecular flexibility index (Phi) is 5.74. The maximum atomic E-state index is 11.8. The third-order valence-electron chi connectivity index (χ3n) is 4.21. The first-order chi connectivity index (χ1) is 14.3. The van der Waals surface area contributed by atoms with Crippen molar-refractivity contribution in [3.05, 3.63) is 109 Å². The molecule has 0 aliphatic heterocycles. The molecule has 0 saturated carbocycles. The van der Waals surface area contributed by atoms with Crippen LogP contribution in [0.1, 0.15) is 5.56 Å². The molecule has 29 heavy (non-hydrogen) atoms. The Morgan fingerprint density at radius 1 is 0.483 bits per heavy atom. The van der Waals surface area contributed by atoms with Crippen molar-refractivity contribution in [3.8, 4) is 34.5 Å². The van der Waals surface area contributed by atoms with Crippen molar-refractivity contribution in [1.82, 2.24) is 0 Å². The zero-order valence-corrected chi connectivity index (χ0v) is 15.7. The van der Waals surface area contributed by atoms with Crippen molar-refractivity contribution in [2.75, 3.05) is 0 Å². The molecule has 143 valence electrons. The molecule has 0 N–H and O–H groups in total. The minimum atomic E-state index is -0.446. The molecule has 4 aromatic rings. The molecule has 1 radical (unpaired) electrons. The van der Waals surface area contributed by atoms with E-state index >= 15 is 0 Å². The number of para-hydroxylation sites is 3. The van der Waals surface area contributed by atoms with Crippen molar-refractivity contribution < 1.29 is 19.3 Å². The summed E-state index contributed by atoms with van der Waals surface area (Å²) in [5.74, 6) is 3.05. The Labute approximate surface area is 169 Å². The average Bonchev–Trinajstić information content (AvgIpc) is 2.78. The van der Waals surface area contributed by atoms with Crippen LogP contribution >= 0.6 is 0 Å². The summed E-state index contributed by atoms with van der Waals surface area (Å²) in [5, 5.41) is 11.8. The van der Waals surface area contributed by atoms with Gasteiger partial charge in [-0.1, -0.05) is 54.6 Å². The van der Waals surface area contributed by atoms with Crippen LogP contribution in [0.5, 0.6) is 34.5 Å². The summed E-state index contributed by atoms with van der Waals surface area (Å²) in [6, 6.07) is 31.5. The fourth-order valence-corrected chi connectivity index (χ4v) is 2.82. The summed E-state index contributed by atoms with van der Waals surface area (Å²) < 4.78 is 18.3. The smallest absolute Gasteiger partial charge is 0.212 e. The third-order valence-corrected chi connectivity index (χ3v) is 4.21. The van der Waals surface area contributed by atoms with Crippen molar-refractivity contribution in [2.24, 2.45) is 0 Å². The van der Waals surface area contributed by atoms with Gasteiger partial charge in [-0.25, -0.2) is 5.11 Å². The van der Waals surface area contributed by atoms with E-state index in [1.807, 2.05) is 91.0 Å². The zero-order valence-electron chi connectivity index (χ0n) is 15.7. The molecule has 0 aliphatic rings. The predicted molar refractivity (Wildman–Crippen MR) is 110 cm³/mol. The van der Waals surface area contributed by atoms with Gasteiger partial charge in [0, 0.05) is 5.56 Å². The molecule has 0 bridgehead atoms. The molecule has 0 unspecified atom stereocenters. The fourth-order valence-electron chi connectivity index (χ4n) is 2.82. The van der Waals surface area contributed by atoms with E-state index in [-0.39, 0.29) is 0 Å². The lowest BCUT2D eigenvalue weighted by molar-refractivity contribution is 0.174. The van der Waals surface area contributed by atoms with Gasteiger partial charge < -0.3 is 14.2 Å². The third kappa shape index (κ3) is 4.57. The molecule has 4 aromatic carbocycles. The molecule has 4 nitrogen and oxygen atoms in total. The second kappa shape index (κ2) is 8.95. The topological polar surface area (TPSA) is 47.6 Å². The van der Waals surface area contributed by atoms with E-state index < -0.39 is 6.61 Å². The van der Waals surface area contributed by atoms with E-state index in [9.17, 15) is 5.11 Å².